The maximum absolute atomic E-state index is 15.4. The first kappa shape index (κ1) is 25.3. The zero-order chi connectivity index (χ0) is 25.4. The molecule has 3 aliphatic heterocycles. The van der Waals surface area contributed by atoms with Crippen molar-refractivity contribution in [2.24, 2.45) is 0 Å². The number of sulfonamides is 1. The molecule has 11 nitrogen and oxygen atoms in total. The summed E-state index contributed by atoms with van der Waals surface area (Å²) < 4.78 is 53.6. The number of hydrogen-bond donors (Lipinski definition) is 2. The first-order valence-electron chi connectivity index (χ1n) is 12.5. The third-order valence-corrected chi connectivity index (χ3v) is 9.32. The van der Waals surface area contributed by atoms with Crippen molar-refractivity contribution in [2.75, 3.05) is 36.2 Å². The number of ether oxygens (including phenoxy) is 2. The van der Waals surface area contributed by atoms with E-state index in [4.69, 9.17) is 9.47 Å². The van der Waals surface area contributed by atoms with Gasteiger partial charge in [-0.05, 0) is 39.5 Å². The number of hydrogen-bond acceptors (Lipinski definition) is 9. The standard InChI is InChI=1S/C23H34FN7O4S/c1-4-36(32,33)31-15-6-5-7-16(31)10-17(9-15)30(3)23-25-19(13-35-18-11-34-12-18)21(24)22(27-23)26-20-8-14(2)28-29-20/h8,15-18H,4-7,9-13H2,1-3H3,(H2,25,26,27,28,29)/t15-,16+,17+. The van der Waals surface area contributed by atoms with Crippen molar-refractivity contribution in [3.63, 3.8) is 0 Å². The molecule has 13 heteroatoms. The summed E-state index contributed by atoms with van der Waals surface area (Å²) in [6.07, 6.45) is 4.00. The van der Waals surface area contributed by atoms with Gasteiger partial charge in [-0.25, -0.2) is 17.8 Å². The average molecular weight is 524 g/mol. The van der Waals surface area contributed by atoms with Gasteiger partial charge < -0.3 is 19.7 Å². The molecule has 0 amide bonds. The van der Waals surface area contributed by atoms with Gasteiger partial charge in [-0.1, -0.05) is 6.42 Å². The molecular weight excluding hydrogens is 489 g/mol. The molecule has 2 bridgehead atoms. The fourth-order valence-corrected chi connectivity index (χ4v) is 6.91. The summed E-state index contributed by atoms with van der Waals surface area (Å²) in [7, 11) is -1.38. The van der Waals surface area contributed by atoms with Crippen LogP contribution in [0.4, 0.5) is 22.0 Å². The molecule has 2 N–H and O–H groups in total. The summed E-state index contributed by atoms with van der Waals surface area (Å²) >= 11 is 0. The fourth-order valence-electron chi connectivity index (χ4n) is 5.32. The predicted molar refractivity (Wildman–Crippen MR) is 132 cm³/mol. The Balaban J connectivity index is 1.41. The van der Waals surface area contributed by atoms with Crippen LogP contribution in [-0.4, -0.2) is 83.1 Å². The molecule has 36 heavy (non-hydrogen) atoms. The molecule has 0 aliphatic carbocycles. The van der Waals surface area contributed by atoms with E-state index in [-0.39, 0.29) is 48.1 Å². The maximum Gasteiger partial charge on any atom is 0.227 e. The van der Waals surface area contributed by atoms with Crippen LogP contribution < -0.4 is 10.2 Å². The summed E-state index contributed by atoms with van der Waals surface area (Å²) in [5.74, 6) is 0.357. The van der Waals surface area contributed by atoms with Gasteiger partial charge >= 0.3 is 0 Å². The third-order valence-electron chi connectivity index (χ3n) is 7.36. The SMILES string of the molecule is CCS(=O)(=O)N1[C@@H]2CCC[C@H]1C[C@@H](N(C)c1nc(COC3COC3)c(F)c(Nc3cc(C)[nH]n3)n1)C2. The average Bonchev–Trinajstić information content (AvgIpc) is 3.23. The Hall–Kier alpha value is -2.35. The number of aryl methyl sites for hydroxylation is 1. The quantitative estimate of drug-likeness (QED) is 0.510. The lowest BCUT2D eigenvalue weighted by Gasteiger charge is -2.49. The lowest BCUT2D eigenvalue weighted by Crippen LogP contribution is -2.58. The second kappa shape index (κ2) is 10.2. The van der Waals surface area contributed by atoms with Gasteiger partial charge in [0, 0.05) is 36.9 Å². The normalized spacial score (nSPS) is 24.9. The van der Waals surface area contributed by atoms with E-state index in [1.54, 1.807) is 17.3 Å². The molecule has 0 saturated carbocycles. The van der Waals surface area contributed by atoms with E-state index in [2.05, 4.69) is 25.5 Å². The van der Waals surface area contributed by atoms with Crippen LogP contribution in [0, 0.1) is 12.7 Å². The van der Waals surface area contributed by atoms with Crippen molar-refractivity contribution in [2.45, 2.75) is 76.8 Å². The van der Waals surface area contributed by atoms with E-state index >= 15 is 4.39 Å². The minimum absolute atomic E-state index is 0.00404. The second-order valence-corrected chi connectivity index (χ2v) is 12.0. The number of nitrogens with one attached hydrogen (secondary N) is 2. The van der Waals surface area contributed by atoms with Crippen LogP contribution in [0.3, 0.4) is 0 Å². The van der Waals surface area contributed by atoms with Gasteiger partial charge in [0.2, 0.25) is 16.0 Å². The summed E-state index contributed by atoms with van der Waals surface area (Å²) in [5.41, 5.74) is 0.984. The lowest BCUT2D eigenvalue weighted by atomic mass is 9.83. The summed E-state index contributed by atoms with van der Waals surface area (Å²) in [4.78, 5) is 11.0. The summed E-state index contributed by atoms with van der Waals surface area (Å²) in [6.45, 7) is 4.52. The smallest absolute Gasteiger partial charge is 0.227 e. The number of rotatable bonds is 9. The van der Waals surface area contributed by atoms with Crippen LogP contribution in [0.25, 0.3) is 0 Å². The van der Waals surface area contributed by atoms with E-state index < -0.39 is 15.8 Å². The van der Waals surface area contributed by atoms with Crippen LogP contribution in [0.2, 0.25) is 0 Å². The van der Waals surface area contributed by atoms with Gasteiger partial charge in [0.05, 0.1) is 25.6 Å². The van der Waals surface area contributed by atoms with Crippen LogP contribution in [0.5, 0.6) is 0 Å². The van der Waals surface area contributed by atoms with Gasteiger partial charge in [-0.3, -0.25) is 5.10 Å². The monoisotopic (exact) mass is 523 g/mol. The number of fused-ring (bicyclic) bond motifs is 2. The number of aromatic amines is 1. The zero-order valence-corrected chi connectivity index (χ0v) is 21.7. The highest BCUT2D eigenvalue weighted by molar-refractivity contribution is 7.89. The van der Waals surface area contributed by atoms with Crippen LogP contribution >= 0.6 is 0 Å². The van der Waals surface area contributed by atoms with Gasteiger partial charge in [0.15, 0.2) is 17.5 Å². The summed E-state index contributed by atoms with van der Waals surface area (Å²) in [6, 6.07) is 1.71. The topological polar surface area (TPSA) is 126 Å². The number of piperidine rings is 2. The Labute approximate surface area is 210 Å². The highest BCUT2D eigenvalue weighted by Crippen LogP contribution is 2.38. The number of nitrogens with zero attached hydrogens (tertiary/aromatic N) is 5. The molecule has 0 spiro atoms. The van der Waals surface area contributed by atoms with Crippen molar-refractivity contribution in [1.29, 1.82) is 0 Å². The Kier molecular flexibility index (Phi) is 7.16. The molecular formula is C23H34FN7O4S. The first-order chi connectivity index (χ1) is 17.2. The Morgan fingerprint density at radius 3 is 2.58 bits per heavy atom. The molecule has 0 aromatic carbocycles. The molecule has 0 radical (unpaired) electrons. The van der Waals surface area contributed by atoms with Crippen LogP contribution in [0.15, 0.2) is 6.07 Å². The Bertz CT molecular complexity index is 1180. The number of anilines is 3. The van der Waals surface area contributed by atoms with Crippen molar-refractivity contribution in [3.8, 4) is 0 Å². The second-order valence-electron chi connectivity index (χ2n) is 9.87. The molecule has 198 valence electrons. The molecule has 3 atom stereocenters. The molecule has 3 fully saturated rings. The predicted octanol–water partition coefficient (Wildman–Crippen LogP) is 2.48. The number of aromatic nitrogens is 4. The van der Waals surface area contributed by atoms with E-state index in [1.807, 2.05) is 18.9 Å². The molecule has 0 unspecified atom stereocenters. The van der Waals surface area contributed by atoms with E-state index in [1.165, 1.54) is 0 Å². The molecule has 2 aromatic rings. The lowest BCUT2D eigenvalue weighted by molar-refractivity contribution is -0.136. The van der Waals surface area contributed by atoms with Gasteiger partial charge in [-0.2, -0.15) is 14.4 Å². The van der Waals surface area contributed by atoms with Gasteiger partial charge in [-0.15, -0.1) is 0 Å². The summed E-state index contributed by atoms with van der Waals surface area (Å²) in [5, 5.41) is 9.92. The first-order valence-corrected chi connectivity index (χ1v) is 14.1. The van der Waals surface area contributed by atoms with Crippen molar-refractivity contribution < 1.29 is 22.3 Å². The Morgan fingerprint density at radius 2 is 2.00 bits per heavy atom. The number of halogens is 1. The van der Waals surface area contributed by atoms with Crippen molar-refractivity contribution >= 4 is 27.6 Å². The van der Waals surface area contributed by atoms with Crippen molar-refractivity contribution in [1.82, 2.24) is 24.5 Å². The highest BCUT2D eigenvalue weighted by Gasteiger charge is 2.45. The Morgan fingerprint density at radius 1 is 1.28 bits per heavy atom. The van der Waals surface area contributed by atoms with Gasteiger partial charge in [0.25, 0.3) is 0 Å². The minimum Gasteiger partial charge on any atom is -0.376 e. The number of H-pyrrole nitrogens is 1. The van der Waals surface area contributed by atoms with E-state index in [0.29, 0.717) is 37.8 Å². The minimum atomic E-state index is -3.27. The molecule has 5 rings (SSSR count). The zero-order valence-electron chi connectivity index (χ0n) is 20.9. The molecule has 3 saturated heterocycles. The molecule has 2 aromatic heterocycles. The van der Waals surface area contributed by atoms with Crippen molar-refractivity contribution in [3.05, 3.63) is 23.3 Å². The fraction of sp³-hybridized carbons (Fsp3) is 0.696. The maximum atomic E-state index is 15.4. The van der Waals surface area contributed by atoms with E-state index in [0.717, 1.165) is 25.0 Å². The third kappa shape index (κ3) is 5.06. The van der Waals surface area contributed by atoms with E-state index in [9.17, 15) is 8.42 Å². The molecule has 5 heterocycles. The highest BCUT2D eigenvalue weighted by atomic mass is 32.2. The largest absolute Gasteiger partial charge is 0.376 e. The van der Waals surface area contributed by atoms with Crippen LogP contribution in [-0.2, 0) is 26.1 Å². The molecule has 3 aliphatic rings. The van der Waals surface area contributed by atoms with Crippen LogP contribution in [0.1, 0.15) is 50.4 Å². The van der Waals surface area contributed by atoms with Gasteiger partial charge in [0.1, 0.15) is 11.8 Å².